The maximum Gasteiger partial charge on any atom is 0.250 e. The van der Waals surface area contributed by atoms with E-state index in [0.29, 0.717) is 16.7 Å². The molecule has 14 heteroatoms. The van der Waals surface area contributed by atoms with E-state index < -0.39 is 66.0 Å². The zero-order chi connectivity index (χ0) is 28.3. The average molecular weight is 577 g/mol. The number of carbonyl (C=O) groups is 1. The van der Waals surface area contributed by atoms with Crippen LogP contribution in [0.2, 0.25) is 0 Å². The number of ether oxygens (including phenoxy) is 2. The van der Waals surface area contributed by atoms with Crippen LogP contribution in [0.3, 0.4) is 0 Å². The normalized spacial score (nSPS) is 28.5. The average Bonchev–Trinajstić information content (AvgIpc) is 3.66. The van der Waals surface area contributed by atoms with Crippen LogP contribution in [0, 0.1) is 17.5 Å². The Morgan fingerprint density at radius 3 is 2.62 bits per heavy atom. The van der Waals surface area contributed by atoms with E-state index in [4.69, 9.17) is 15.2 Å². The summed E-state index contributed by atoms with van der Waals surface area (Å²) in [5.74, 6) is -7.72. The van der Waals surface area contributed by atoms with Crippen molar-refractivity contribution in [2.75, 3.05) is 13.2 Å². The number of hydrogen-bond acceptors (Lipinski definition) is 9. The Morgan fingerprint density at radius 2 is 1.93 bits per heavy atom. The van der Waals surface area contributed by atoms with Gasteiger partial charge in [0.2, 0.25) is 11.7 Å². The number of rotatable bonds is 5. The van der Waals surface area contributed by atoms with Gasteiger partial charge in [0.25, 0.3) is 0 Å². The van der Waals surface area contributed by atoms with Crippen molar-refractivity contribution in [2.24, 2.45) is 5.73 Å². The van der Waals surface area contributed by atoms with E-state index in [1.54, 1.807) is 12.1 Å². The molecule has 6 atom stereocenters. The number of halogens is 3. The minimum atomic E-state index is -1.83. The Labute approximate surface area is 228 Å². The number of aromatic nitrogens is 3. The van der Waals surface area contributed by atoms with Crippen LogP contribution < -0.4 is 5.73 Å². The molecular formula is C26H23F3N4O6S. The van der Waals surface area contributed by atoms with E-state index in [-0.39, 0.29) is 23.4 Å². The van der Waals surface area contributed by atoms with Crippen molar-refractivity contribution in [3.63, 3.8) is 0 Å². The summed E-state index contributed by atoms with van der Waals surface area (Å²) >= 11 is 1.30. The molecule has 10 nitrogen and oxygen atoms in total. The Kier molecular flexibility index (Phi) is 6.64. The fourth-order valence-electron chi connectivity index (χ4n) is 5.65. The number of nitrogens with zero attached hydrogens (tertiary/aromatic N) is 3. The summed E-state index contributed by atoms with van der Waals surface area (Å²) in [4.78, 5) is 13.1. The van der Waals surface area contributed by atoms with Gasteiger partial charge >= 0.3 is 0 Å². The molecule has 2 aromatic carbocycles. The number of fused-ring (bicyclic) bond motifs is 1. The third-order valence-electron chi connectivity index (χ3n) is 7.48. The van der Waals surface area contributed by atoms with Crippen LogP contribution in [0.15, 0.2) is 42.6 Å². The Hall–Kier alpha value is -3.40. The first kappa shape index (κ1) is 26.8. The minimum Gasteiger partial charge on any atom is -0.394 e. The van der Waals surface area contributed by atoms with Crippen LogP contribution in [-0.2, 0) is 9.47 Å². The zero-order valence-corrected chi connectivity index (χ0v) is 21.4. The zero-order valence-electron chi connectivity index (χ0n) is 20.6. The molecule has 1 amide bonds. The van der Waals surface area contributed by atoms with Crippen LogP contribution in [0.4, 0.5) is 13.2 Å². The number of aliphatic hydroxyl groups excluding tert-OH is 3. The van der Waals surface area contributed by atoms with Crippen LogP contribution in [-0.4, -0.2) is 73.5 Å². The van der Waals surface area contributed by atoms with Gasteiger partial charge in [0.05, 0.1) is 30.9 Å². The number of thiophene rings is 1. The van der Waals surface area contributed by atoms with Crippen molar-refractivity contribution in [3.05, 3.63) is 70.5 Å². The predicted molar refractivity (Wildman–Crippen MR) is 135 cm³/mol. The quantitative estimate of drug-likeness (QED) is 0.264. The lowest BCUT2D eigenvalue weighted by Gasteiger charge is -2.49. The maximum atomic E-state index is 13.8. The molecule has 2 aromatic heterocycles. The molecule has 5 N–H and O–H groups in total. The summed E-state index contributed by atoms with van der Waals surface area (Å²) in [6.45, 7) is -0.543. The second-order valence-corrected chi connectivity index (χ2v) is 10.8. The molecule has 210 valence electrons. The maximum absolute atomic E-state index is 13.8. The van der Waals surface area contributed by atoms with E-state index in [2.05, 4.69) is 10.3 Å². The van der Waals surface area contributed by atoms with Gasteiger partial charge < -0.3 is 30.5 Å². The van der Waals surface area contributed by atoms with Crippen LogP contribution in [0.5, 0.6) is 0 Å². The summed E-state index contributed by atoms with van der Waals surface area (Å²) in [7, 11) is 0. The number of benzene rings is 2. The molecule has 0 unspecified atom stereocenters. The highest BCUT2D eigenvalue weighted by Crippen LogP contribution is 2.53. The monoisotopic (exact) mass is 576 g/mol. The molecule has 1 spiro atoms. The Morgan fingerprint density at radius 1 is 1.20 bits per heavy atom. The first-order valence-electron chi connectivity index (χ1n) is 12.3. The third kappa shape index (κ3) is 4.02. The molecule has 0 aliphatic carbocycles. The van der Waals surface area contributed by atoms with Gasteiger partial charge in [-0.3, -0.25) is 4.79 Å². The number of aliphatic hydroxyl groups is 3. The number of hydrogen-bond donors (Lipinski definition) is 4. The van der Waals surface area contributed by atoms with Crippen molar-refractivity contribution in [2.45, 2.75) is 42.5 Å². The van der Waals surface area contributed by atoms with Crippen molar-refractivity contribution >= 4 is 27.3 Å². The van der Waals surface area contributed by atoms with E-state index >= 15 is 0 Å². The molecular weight excluding hydrogens is 553 g/mol. The van der Waals surface area contributed by atoms with Gasteiger partial charge in [0.15, 0.2) is 17.5 Å². The molecule has 2 saturated heterocycles. The molecule has 6 rings (SSSR count). The van der Waals surface area contributed by atoms with Gasteiger partial charge in [-0.05, 0) is 24.6 Å². The number of amides is 1. The molecule has 2 aliphatic heterocycles. The second-order valence-electron chi connectivity index (χ2n) is 9.72. The summed E-state index contributed by atoms with van der Waals surface area (Å²) in [5.41, 5.74) is 5.84. The molecule has 4 aromatic rings. The molecule has 0 bridgehead atoms. The summed E-state index contributed by atoms with van der Waals surface area (Å²) in [5, 5.41) is 41.4. The third-order valence-corrected chi connectivity index (χ3v) is 8.77. The molecule has 0 saturated carbocycles. The molecule has 0 radical (unpaired) electrons. The van der Waals surface area contributed by atoms with Crippen molar-refractivity contribution in [1.29, 1.82) is 0 Å². The highest BCUT2D eigenvalue weighted by Gasteiger charge is 2.62. The molecule has 2 fully saturated rings. The Balaban J connectivity index is 1.44. The van der Waals surface area contributed by atoms with Gasteiger partial charge in [-0.2, -0.15) is 0 Å². The summed E-state index contributed by atoms with van der Waals surface area (Å²) in [6.07, 6.45) is -2.87. The van der Waals surface area contributed by atoms with Crippen molar-refractivity contribution < 1.29 is 42.8 Å². The van der Waals surface area contributed by atoms with E-state index in [1.807, 2.05) is 12.1 Å². The van der Waals surface area contributed by atoms with Gasteiger partial charge in [-0.1, -0.05) is 23.4 Å². The standard InChI is InChI=1S/C26H23F3N4O6S/c27-14-7-11(8-15(28)20(14)29)16-9-33(32-31-16)21-22(35)17(10-34)39-26(24(21)36)13(5-6-38-26)23-19(25(30)37)12-3-1-2-4-18(12)40-23/h1-4,7-9,13,17,21-22,24,34-36H,5-6,10H2,(H2,30,37)/t13-,17+,21-,22-,24+,26-/m0/s1. The fourth-order valence-corrected chi connectivity index (χ4v) is 7.05. The van der Waals surface area contributed by atoms with E-state index in [1.165, 1.54) is 17.5 Å². The second kappa shape index (κ2) is 9.90. The van der Waals surface area contributed by atoms with Gasteiger partial charge in [-0.15, -0.1) is 16.4 Å². The van der Waals surface area contributed by atoms with Gasteiger partial charge in [0.1, 0.15) is 30.0 Å². The summed E-state index contributed by atoms with van der Waals surface area (Å²) in [6, 6.07) is 7.35. The Bertz CT molecular complexity index is 1590. The largest absolute Gasteiger partial charge is 0.394 e. The number of primary amides is 1. The predicted octanol–water partition coefficient (Wildman–Crippen LogP) is 2.23. The van der Waals surface area contributed by atoms with Crippen molar-refractivity contribution in [3.8, 4) is 11.3 Å². The molecule has 2 aliphatic rings. The molecule has 4 heterocycles. The van der Waals surface area contributed by atoms with Crippen molar-refractivity contribution in [1.82, 2.24) is 15.0 Å². The SMILES string of the molecule is NC(=O)c1c([C@@H]2CCO[C@]23O[C@H](CO)[C@H](O)[C@H](n2cc(-c4cc(F)c(F)c(F)c4)nn2)[C@H]3O)sc2ccccc12. The highest BCUT2D eigenvalue weighted by molar-refractivity contribution is 7.19. The number of carbonyl (C=O) groups excluding carboxylic acids is 1. The van der Waals surface area contributed by atoms with Gasteiger partial charge in [-0.25, -0.2) is 17.9 Å². The smallest absolute Gasteiger partial charge is 0.250 e. The fraction of sp³-hybridized carbons (Fsp3) is 0.346. The topological polar surface area (TPSA) is 153 Å². The van der Waals surface area contributed by atoms with Crippen LogP contribution in [0.25, 0.3) is 21.3 Å². The van der Waals surface area contributed by atoms with E-state index in [0.717, 1.165) is 21.5 Å². The van der Waals surface area contributed by atoms with Gasteiger partial charge in [0, 0.05) is 20.5 Å². The minimum absolute atomic E-state index is 0.0669. The van der Waals surface area contributed by atoms with Crippen LogP contribution >= 0.6 is 11.3 Å². The first-order chi connectivity index (χ1) is 19.2. The lowest BCUT2D eigenvalue weighted by atomic mass is 9.81. The van der Waals surface area contributed by atoms with Crippen LogP contribution in [0.1, 0.15) is 33.6 Å². The first-order valence-corrected chi connectivity index (χ1v) is 13.1. The van der Waals surface area contributed by atoms with E-state index in [9.17, 15) is 33.3 Å². The lowest BCUT2D eigenvalue weighted by Crippen LogP contribution is -2.64. The lowest BCUT2D eigenvalue weighted by molar-refractivity contribution is -0.344. The summed E-state index contributed by atoms with van der Waals surface area (Å²) < 4.78 is 55.1. The highest BCUT2D eigenvalue weighted by atomic mass is 32.1. The molecule has 40 heavy (non-hydrogen) atoms. The number of nitrogens with two attached hydrogens (primary N) is 1.